The minimum atomic E-state index is -0.653. The van der Waals surface area contributed by atoms with Gasteiger partial charge in [0.25, 0.3) is 5.91 Å². The number of ketones is 1. The summed E-state index contributed by atoms with van der Waals surface area (Å²) in [5.74, 6) is -1.52. The zero-order valence-corrected chi connectivity index (χ0v) is 22.6. The normalized spacial score (nSPS) is 10.6. The third kappa shape index (κ3) is 6.17. The molecule has 0 saturated carbocycles. The zero-order chi connectivity index (χ0) is 27.4. The van der Waals surface area contributed by atoms with Crippen LogP contribution in [0.1, 0.15) is 36.6 Å². The Labute approximate surface area is 234 Å². The van der Waals surface area contributed by atoms with E-state index in [1.807, 2.05) is 36.2 Å². The van der Waals surface area contributed by atoms with Crippen LogP contribution in [0, 0.1) is 0 Å². The van der Waals surface area contributed by atoms with Crippen molar-refractivity contribution in [2.75, 3.05) is 24.4 Å². The summed E-state index contributed by atoms with van der Waals surface area (Å²) in [7, 11) is 3.14. The van der Waals surface area contributed by atoms with E-state index in [9.17, 15) is 14.4 Å². The van der Waals surface area contributed by atoms with E-state index in [-0.39, 0.29) is 33.2 Å². The summed E-state index contributed by atoms with van der Waals surface area (Å²) in [6, 6.07) is 23.2. The molecule has 0 radical (unpaired) electrons. The lowest BCUT2D eigenvalue weighted by molar-refractivity contribution is 0.0600. The predicted molar refractivity (Wildman–Crippen MR) is 152 cm³/mol. The Hall–Kier alpha value is -3.84. The van der Waals surface area contributed by atoms with Crippen LogP contribution >= 0.6 is 34.8 Å². The molecular weight excluding hydrogens is 547 g/mol. The lowest BCUT2D eigenvalue weighted by Gasteiger charge is -2.20. The number of halogens is 3. The molecular formula is C29H21Cl3N2O4. The fourth-order valence-corrected chi connectivity index (χ4v) is 4.38. The average molecular weight is 568 g/mol. The second-order valence-electron chi connectivity index (χ2n) is 8.28. The number of anilines is 3. The fourth-order valence-electron chi connectivity index (χ4n) is 3.76. The molecule has 0 aromatic heterocycles. The van der Waals surface area contributed by atoms with E-state index in [1.54, 1.807) is 24.3 Å². The van der Waals surface area contributed by atoms with Gasteiger partial charge in [-0.1, -0.05) is 34.8 Å². The molecule has 0 aliphatic heterocycles. The van der Waals surface area contributed by atoms with Crippen molar-refractivity contribution in [3.05, 3.63) is 122 Å². The van der Waals surface area contributed by atoms with Crippen molar-refractivity contribution < 1.29 is 19.1 Å². The number of carbonyl (C=O) groups excluding carboxylic acids is 3. The van der Waals surface area contributed by atoms with Gasteiger partial charge in [-0.15, -0.1) is 0 Å². The van der Waals surface area contributed by atoms with E-state index in [1.165, 1.54) is 43.5 Å². The maximum atomic E-state index is 13.4. The molecule has 0 fully saturated rings. The Balaban J connectivity index is 1.61. The first kappa shape index (κ1) is 27.2. The van der Waals surface area contributed by atoms with E-state index in [4.69, 9.17) is 39.5 Å². The van der Waals surface area contributed by atoms with Gasteiger partial charge in [0.2, 0.25) is 0 Å². The number of methoxy groups -OCH3 is 1. The first-order valence-corrected chi connectivity index (χ1v) is 12.4. The number of nitrogens with one attached hydrogen (secondary N) is 1. The minimum Gasteiger partial charge on any atom is -0.465 e. The van der Waals surface area contributed by atoms with E-state index < -0.39 is 11.9 Å². The molecule has 192 valence electrons. The summed E-state index contributed by atoms with van der Waals surface area (Å²) in [5, 5.41) is 3.88. The number of carbonyl (C=O) groups is 3. The maximum Gasteiger partial charge on any atom is 0.337 e. The van der Waals surface area contributed by atoms with Gasteiger partial charge in [0.05, 0.1) is 23.3 Å². The van der Waals surface area contributed by atoms with Gasteiger partial charge >= 0.3 is 5.97 Å². The molecule has 0 saturated heterocycles. The maximum absolute atomic E-state index is 13.4. The Morgan fingerprint density at radius 2 is 1.29 bits per heavy atom. The third-order valence-electron chi connectivity index (χ3n) is 5.78. The van der Waals surface area contributed by atoms with E-state index in [0.29, 0.717) is 15.6 Å². The number of hydrogen-bond acceptors (Lipinski definition) is 5. The van der Waals surface area contributed by atoms with Crippen LogP contribution in [0.25, 0.3) is 0 Å². The fraction of sp³-hybridized carbons (Fsp3) is 0.0690. The zero-order valence-electron chi connectivity index (χ0n) is 20.3. The number of hydrogen-bond donors (Lipinski definition) is 1. The van der Waals surface area contributed by atoms with E-state index >= 15 is 0 Å². The highest BCUT2D eigenvalue weighted by molar-refractivity contribution is 6.37. The van der Waals surface area contributed by atoms with Gasteiger partial charge in [-0.3, -0.25) is 9.59 Å². The van der Waals surface area contributed by atoms with Crippen molar-refractivity contribution in [3.63, 3.8) is 0 Å². The molecule has 4 aromatic rings. The molecule has 38 heavy (non-hydrogen) atoms. The second kappa shape index (κ2) is 11.7. The summed E-state index contributed by atoms with van der Waals surface area (Å²) in [4.78, 5) is 40.5. The molecule has 9 heteroatoms. The summed E-state index contributed by atoms with van der Waals surface area (Å²) in [6.45, 7) is 0. The summed E-state index contributed by atoms with van der Waals surface area (Å²) in [5.41, 5.74) is 2.91. The molecule has 0 spiro atoms. The minimum absolute atomic E-state index is 0.106. The molecule has 1 amide bonds. The molecule has 4 rings (SSSR count). The third-order valence-corrected chi connectivity index (χ3v) is 6.58. The predicted octanol–water partition coefficient (Wildman–Crippen LogP) is 7.68. The van der Waals surface area contributed by atoms with Gasteiger partial charge in [0, 0.05) is 45.3 Å². The summed E-state index contributed by atoms with van der Waals surface area (Å²) >= 11 is 18.1. The molecule has 0 aliphatic carbocycles. The number of rotatable bonds is 7. The molecule has 0 unspecified atom stereocenters. The van der Waals surface area contributed by atoms with Crippen LogP contribution in [-0.2, 0) is 4.74 Å². The number of benzene rings is 4. The topological polar surface area (TPSA) is 75.7 Å². The molecule has 0 aliphatic rings. The van der Waals surface area contributed by atoms with Crippen molar-refractivity contribution in [1.82, 2.24) is 0 Å². The molecule has 1 N–H and O–H groups in total. The van der Waals surface area contributed by atoms with Gasteiger partial charge < -0.3 is 15.0 Å². The highest BCUT2D eigenvalue weighted by atomic mass is 35.5. The van der Waals surface area contributed by atoms with Crippen molar-refractivity contribution in [1.29, 1.82) is 0 Å². The van der Waals surface area contributed by atoms with E-state index in [2.05, 4.69) is 5.32 Å². The lowest BCUT2D eigenvalue weighted by Crippen LogP contribution is -2.15. The van der Waals surface area contributed by atoms with Gasteiger partial charge in [0.1, 0.15) is 0 Å². The van der Waals surface area contributed by atoms with Crippen LogP contribution in [0.3, 0.4) is 0 Å². The Morgan fingerprint density at radius 3 is 1.89 bits per heavy atom. The highest BCUT2D eigenvalue weighted by Gasteiger charge is 2.18. The number of ether oxygens (including phenoxy) is 1. The van der Waals surface area contributed by atoms with Crippen molar-refractivity contribution in [2.45, 2.75) is 0 Å². The Bertz CT molecular complexity index is 1520. The molecule has 0 heterocycles. The SMILES string of the molecule is COC(=O)c1cc(NC(=O)c2ccc(Cl)cc2Cl)cc(C(=O)c2ccc(N(C)c3ccc(Cl)cc3)cc2)c1. The number of nitrogens with zero attached hydrogens (tertiary/aromatic N) is 1. The highest BCUT2D eigenvalue weighted by Crippen LogP contribution is 2.27. The summed E-state index contributed by atoms with van der Waals surface area (Å²) < 4.78 is 4.83. The van der Waals surface area contributed by atoms with Crippen molar-refractivity contribution in [3.8, 4) is 0 Å². The smallest absolute Gasteiger partial charge is 0.337 e. The van der Waals surface area contributed by atoms with Gasteiger partial charge in [-0.2, -0.15) is 0 Å². The molecule has 6 nitrogen and oxygen atoms in total. The van der Waals surface area contributed by atoms with Crippen LogP contribution in [0.4, 0.5) is 17.1 Å². The Morgan fingerprint density at radius 1 is 0.711 bits per heavy atom. The monoisotopic (exact) mass is 566 g/mol. The molecule has 4 aromatic carbocycles. The van der Waals surface area contributed by atoms with Crippen LogP contribution < -0.4 is 10.2 Å². The standard InChI is InChI=1S/C29H21Cl3N2O4/c1-34(24-10-5-20(30)6-11-24)23-8-3-17(4-9-23)27(35)18-13-19(29(37)38-2)15-22(14-18)33-28(36)25-12-7-21(31)16-26(25)32/h3-16H,1-2H3,(H,33,36). The van der Waals surface area contributed by atoms with Gasteiger partial charge in [-0.25, -0.2) is 4.79 Å². The number of amides is 1. The lowest BCUT2D eigenvalue weighted by atomic mass is 9.99. The Kier molecular flexibility index (Phi) is 8.37. The van der Waals surface area contributed by atoms with Crippen LogP contribution in [0.15, 0.2) is 84.9 Å². The second-order valence-corrected chi connectivity index (χ2v) is 9.56. The van der Waals surface area contributed by atoms with Crippen LogP contribution in [0.5, 0.6) is 0 Å². The molecule has 0 bridgehead atoms. The largest absolute Gasteiger partial charge is 0.465 e. The average Bonchev–Trinajstić information content (AvgIpc) is 2.92. The van der Waals surface area contributed by atoms with Crippen LogP contribution in [-0.4, -0.2) is 31.8 Å². The first-order chi connectivity index (χ1) is 18.2. The van der Waals surface area contributed by atoms with Crippen molar-refractivity contribution >= 4 is 69.5 Å². The molecule has 0 atom stereocenters. The van der Waals surface area contributed by atoms with Gasteiger partial charge in [-0.05, 0) is 84.9 Å². The summed E-state index contributed by atoms with van der Waals surface area (Å²) in [6.07, 6.45) is 0. The van der Waals surface area contributed by atoms with Crippen LogP contribution in [0.2, 0.25) is 15.1 Å². The quantitative estimate of drug-likeness (QED) is 0.183. The first-order valence-electron chi connectivity index (χ1n) is 11.3. The van der Waals surface area contributed by atoms with Gasteiger partial charge in [0.15, 0.2) is 5.78 Å². The van der Waals surface area contributed by atoms with Crippen molar-refractivity contribution in [2.24, 2.45) is 0 Å². The van der Waals surface area contributed by atoms with E-state index in [0.717, 1.165) is 11.4 Å². The number of esters is 1.